The van der Waals surface area contributed by atoms with E-state index in [1.807, 2.05) is 13.0 Å². The summed E-state index contributed by atoms with van der Waals surface area (Å²) < 4.78 is 25.5. The number of rotatable bonds is 6. The van der Waals surface area contributed by atoms with Gasteiger partial charge in [0.15, 0.2) is 0 Å². The van der Waals surface area contributed by atoms with E-state index in [-0.39, 0.29) is 34.3 Å². The molecule has 8 nitrogen and oxygen atoms in total. The second kappa shape index (κ2) is 9.25. The summed E-state index contributed by atoms with van der Waals surface area (Å²) in [6.07, 6.45) is 0.399. The lowest BCUT2D eigenvalue weighted by atomic mass is 10.1. The normalized spacial score (nSPS) is 13.9. The average Bonchev–Trinajstić information content (AvgIpc) is 2.84. The Labute approximate surface area is 191 Å². The third kappa shape index (κ3) is 4.93. The van der Waals surface area contributed by atoms with Crippen LogP contribution in [0, 0.1) is 6.92 Å². The maximum Gasteiger partial charge on any atom is 0.285 e. The molecule has 0 unspecified atom stereocenters. The molecular formula is C24H22N4O4S. The first-order chi connectivity index (χ1) is 15.8. The molecule has 0 fully saturated rings. The predicted molar refractivity (Wildman–Crippen MR) is 125 cm³/mol. The monoisotopic (exact) mass is 462 g/mol. The van der Waals surface area contributed by atoms with E-state index >= 15 is 0 Å². The minimum atomic E-state index is -3.63. The Hall–Kier alpha value is -3.98. The summed E-state index contributed by atoms with van der Waals surface area (Å²) in [5.74, 6) is -0.657. The van der Waals surface area contributed by atoms with Crippen LogP contribution in [0.2, 0.25) is 0 Å². The van der Waals surface area contributed by atoms with Gasteiger partial charge >= 0.3 is 0 Å². The molecular weight excluding hydrogens is 440 g/mol. The zero-order valence-corrected chi connectivity index (χ0v) is 18.7. The number of hydrogen-bond donors (Lipinski definition) is 2. The first kappa shape index (κ1) is 22.2. The van der Waals surface area contributed by atoms with Crippen LogP contribution in [0.1, 0.15) is 18.4 Å². The number of benzene rings is 3. The molecule has 0 atom stereocenters. The van der Waals surface area contributed by atoms with Crippen molar-refractivity contribution in [3.63, 3.8) is 0 Å². The largest absolute Gasteiger partial charge is 0.298 e. The molecule has 3 aromatic carbocycles. The Bertz CT molecular complexity index is 1300. The number of carbonyl (C=O) groups is 2. The maximum atomic E-state index is 12.8. The Balaban J connectivity index is 1.42. The summed E-state index contributed by atoms with van der Waals surface area (Å²) in [6, 6.07) is 21.6. The standard InChI is InChI=1S/C24H22N4O4S/c1-17-7-11-20(12-8-17)33(31,32)21-13-9-18(10-14-21)25-26-24(30)22-15-16-23(29)28(27-22)19-5-3-2-4-6-19/h2-14,25H,15-16H2,1H3,(H,26,30). The molecule has 0 saturated heterocycles. The van der Waals surface area contributed by atoms with Crippen LogP contribution in [-0.4, -0.2) is 25.9 Å². The van der Waals surface area contributed by atoms with Gasteiger partial charge in [-0.25, -0.2) is 13.4 Å². The van der Waals surface area contributed by atoms with Gasteiger partial charge < -0.3 is 0 Å². The van der Waals surface area contributed by atoms with E-state index in [4.69, 9.17) is 0 Å². The van der Waals surface area contributed by atoms with Crippen molar-refractivity contribution in [3.05, 3.63) is 84.4 Å². The molecule has 2 N–H and O–H groups in total. The van der Waals surface area contributed by atoms with Crippen molar-refractivity contribution in [2.45, 2.75) is 29.6 Å². The van der Waals surface area contributed by atoms with Crippen molar-refractivity contribution >= 4 is 38.7 Å². The van der Waals surface area contributed by atoms with Crippen molar-refractivity contribution in [1.82, 2.24) is 5.43 Å². The van der Waals surface area contributed by atoms with Gasteiger partial charge in [0.05, 0.1) is 21.2 Å². The molecule has 33 heavy (non-hydrogen) atoms. The fraction of sp³-hybridized carbons (Fsp3) is 0.125. The molecule has 1 aliphatic rings. The van der Waals surface area contributed by atoms with Crippen LogP contribution in [-0.2, 0) is 19.4 Å². The number of carbonyl (C=O) groups excluding carboxylic acids is 2. The Morgan fingerprint density at radius 1 is 0.879 bits per heavy atom. The van der Waals surface area contributed by atoms with E-state index in [1.165, 1.54) is 17.1 Å². The second-order valence-corrected chi connectivity index (χ2v) is 9.46. The van der Waals surface area contributed by atoms with Crippen LogP contribution >= 0.6 is 0 Å². The SMILES string of the molecule is Cc1ccc(S(=O)(=O)c2ccc(NNC(=O)C3=NN(c4ccccc4)C(=O)CC3)cc2)cc1. The van der Waals surface area contributed by atoms with E-state index in [0.29, 0.717) is 11.4 Å². The Morgan fingerprint density at radius 3 is 2.12 bits per heavy atom. The smallest absolute Gasteiger partial charge is 0.285 e. The van der Waals surface area contributed by atoms with Gasteiger partial charge in [0.1, 0.15) is 5.71 Å². The zero-order valence-electron chi connectivity index (χ0n) is 17.9. The van der Waals surface area contributed by atoms with Gasteiger partial charge in [0.2, 0.25) is 15.7 Å². The third-order valence-corrected chi connectivity index (χ3v) is 6.90. The lowest BCUT2D eigenvalue weighted by Gasteiger charge is -2.23. The fourth-order valence-electron chi connectivity index (χ4n) is 3.26. The van der Waals surface area contributed by atoms with Crippen molar-refractivity contribution in [2.75, 3.05) is 10.4 Å². The van der Waals surface area contributed by atoms with Gasteiger partial charge in [-0.1, -0.05) is 35.9 Å². The molecule has 3 aromatic rings. The van der Waals surface area contributed by atoms with E-state index in [1.54, 1.807) is 60.7 Å². The minimum absolute atomic E-state index is 0.150. The quantitative estimate of drug-likeness (QED) is 0.546. The van der Waals surface area contributed by atoms with Crippen LogP contribution in [0.25, 0.3) is 0 Å². The number of aryl methyl sites for hydroxylation is 1. The third-order valence-electron chi connectivity index (χ3n) is 5.11. The summed E-state index contributed by atoms with van der Waals surface area (Å²) in [5, 5.41) is 5.43. The molecule has 9 heteroatoms. The van der Waals surface area contributed by atoms with Crippen molar-refractivity contribution < 1.29 is 18.0 Å². The van der Waals surface area contributed by atoms with Gasteiger partial charge in [0, 0.05) is 12.8 Å². The van der Waals surface area contributed by atoms with E-state index in [0.717, 1.165) is 5.56 Å². The molecule has 0 aromatic heterocycles. The number of hydrazone groups is 1. The molecule has 0 radical (unpaired) electrons. The number of nitrogens with zero attached hydrogens (tertiary/aromatic N) is 2. The molecule has 0 saturated carbocycles. The fourth-order valence-corrected chi connectivity index (χ4v) is 4.52. The first-order valence-electron chi connectivity index (χ1n) is 10.3. The van der Waals surface area contributed by atoms with Crippen LogP contribution in [0.15, 0.2) is 93.8 Å². The number of sulfone groups is 1. The van der Waals surface area contributed by atoms with E-state index in [9.17, 15) is 18.0 Å². The average molecular weight is 463 g/mol. The number of hydrazine groups is 1. The molecule has 2 amide bonds. The van der Waals surface area contributed by atoms with Crippen LogP contribution in [0.4, 0.5) is 11.4 Å². The van der Waals surface area contributed by atoms with Crippen molar-refractivity contribution in [2.24, 2.45) is 5.10 Å². The highest BCUT2D eigenvalue weighted by atomic mass is 32.2. The predicted octanol–water partition coefficient (Wildman–Crippen LogP) is 3.45. The number of para-hydroxylation sites is 1. The topological polar surface area (TPSA) is 108 Å². The van der Waals surface area contributed by atoms with Gasteiger partial charge in [-0.05, 0) is 55.5 Å². The second-order valence-electron chi connectivity index (χ2n) is 7.51. The molecule has 168 valence electrons. The lowest BCUT2D eigenvalue weighted by Crippen LogP contribution is -2.41. The highest BCUT2D eigenvalue weighted by Gasteiger charge is 2.25. The Morgan fingerprint density at radius 2 is 1.48 bits per heavy atom. The van der Waals surface area contributed by atoms with E-state index in [2.05, 4.69) is 16.0 Å². The van der Waals surface area contributed by atoms with Gasteiger partial charge in [-0.2, -0.15) is 5.10 Å². The lowest BCUT2D eigenvalue weighted by molar-refractivity contribution is -0.118. The highest BCUT2D eigenvalue weighted by Crippen LogP contribution is 2.23. The van der Waals surface area contributed by atoms with Gasteiger partial charge in [-0.15, -0.1) is 0 Å². The first-order valence-corrected chi connectivity index (χ1v) is 11.8. The van der Waals surface area contributed by atoms with Crippen LogP contribution in [0.5, 0.6) is 0 Å². The molecule has 0 bridgehead atoms. The number of hydrogen-bond acceptors (Lipinski definition) is 6. The zero-order chi connectivity index (χ0) is 23.4. The van der Waals surface area contributed by atoms with Crippen LogP contribution in [0.3, 0.4) is 0 Å². The number of anilines is 2. The molecule has 4 rings (SSSR count). The molecule has 0 aliphatic carbocycles. The van der Waals surface area contributed by atoms with Crippen molar-refractivity contribution in [1.29, 1.82) is 0 Å². The van der Waals surface area contributed by atoms with Gasteiger partial charge in [-0.3, -0.25) is 20.4 Å². The van der Waals surface area contributed by atoms with E-state index < -0.39 is 15.7 Å². The summed E-state index contributed by atoms with van der Waals surface area (Å²) >= 11 is 0. The highest BCUT2D eigenvalue weighted by molar-refractivity contribution is 7.91. The molecule has 1 heterocycles. The van der Waals surface area contributed by atoms with Gasteiger partial charge in [0.25, 0.3) is 5.91 Å². The molecule has 0 spiro atoms. The Kier molecular flexibility index (Phi) is 6.23. The number of amides is 2. The summed E-state index contributed by atoms with van der Waals surface area (Å²) in [4.78, 5) is 25.1. The minimum Gasteiger partial charge on any atom is -0.298 e. The molecule has 1 aliphatic heterocycles. The van der Waals surface area contributed by atoms with Crippen molar-refractivity contribution in [3.8, 4) is 0 Å². The summed E-state index contributed by atoms with van der Waals surface area (Å²) in [5.41, 5.74) is 7.57. The van der Waals surface area contributed by atoms with Crippen LogP contribution < -0.4 is 15.9 Å². The number of nitrogens with one attached hydrogen (secondary N) is 2. The summed E-state index contributed by atoms with van der Waals surface area (Å²) in [7, 11) is -3.63. The maximum absolute atomic E-state index is 12.8. The summed E-state index contributed by atoms with van der Waals surface area (Å²) in [6.45, 7) is 1.89.